The summed E-state index contributed by atoms with van der Waals surface area (Å²) < 4.78 is 33.6. The molecule has 4 rings (SSSR count). The Balaban J connectivity index is 0.000000599. The van der Waals surface area contributed by atoms with Gasteiger partial charge in [-0.2, -0.15) is 4.57 Å². The summed E-state index contributed by atoms with van der Waals surface area (Å²) in [4.78, 5) is 25.8. The Morgan fingerprint density at radius 1 is 0.921 bits per heavy atom. The van der Waals surface area contributed by atoms with Crippen molar-refractivity contribution in [2.24, 2.45) is 7.05 Å². The predicted octanol–water partition coefficient (Wildman–Crippen LogP) is 5.15. The van der Waals surface area contributed by atoms with E-state index in [-0.39, 0.29) is 16.4 Å². The zero-order chi connectivity index (χ0) is 28.0. The first kappa shape index (κ1) is 28.8. The molecule has 1 heterocycles. The maximum absolute atomic E-state index is 13.7. The van der Waals surface area contributed by atoms with Gasteiger partial charge in [-0.1, -0.05) is 64.5 Å². The van der Waals surface area contributed by atoms with Gasteiger partial charge in [0.05, 0.1) is 23.2 Å². The van der Waals surface area contributed by atoms with E-state index < -0.39 is 10.4 Å². The lowest BCUT2D eigenvalue weighted by Crippen LogP contribution is -2.38. The second kappa shape index (κ2) is 12.2. The van der Waals surface area contributed by atoms with Crippen molar-refractivity contribution >= 4 is 37.8 Å². The van der Waals surface area contributed by atoms with Gasteiger partial charge in [0.1, 0.15) is 12.6 Å². The van der Waals surface area contributed by atoms with Gasteiger partial charge in [0.15, 0.2) is 11.5 Å². The van der Waals surface area contributed by atoms with Crippen molar-refractivity contribution < 1.29 is 31.4 Å². The third kappa shape index (κ3) is 6.56. The molecular weight excluding hydrogens is 576 g/mol. The van der Waals surface area contributed by atoms with Gasteiger partial charge in [-0.05, 0) is 42.0 Å². The highest BCUT2D eigenvalue weighted by Gasteiger charge is 2.38. The van der Waals surface area contributed by atoms with Crippen molar-refractivity contribution in [3.63, 3.8) is 0 Å². The van der Waals surface area contributed by atoms with Crippen LogP contribution >= 0.6 is 15.9 Å². The lowest BCUT2D eigenvalue weighted by atomic mass is 9.89. The number of carbonyl (C=O) groups excluding carboxylic acids is 1. The zero-order valence-electron chi connectivity index (χ0n) is 20.6. The molecule has 0 spiro atoms. The summed E-state index contributed by atoms with van der Waals surface area (Å²) in [6, 6.07) is 25.3. The summed E-state index contributed by atoms with van der Waals surface area (Å²) in [6.07, 6.45) is 0. The first-order chi connectivity index (χ1) is 18.0. The molecule has 0 atom stereocenters. The Morgan fingerprint density at radius 2 is 1.39 bits per heavy atom. The molecule has 4 aromatic rings. The molecule has 11 heteroatoms. The summed E-state index contributed by atoms with van der Waals surface area (Å²) in [5.41, 5.74) is 3.49. The van der Waals surface area contributed by atoms with Crippen LogP contribution in [0.4, 0.5) is 5.69 Å². The fourth-order valence-corrected chi connectivity index (χ4v) is 4.19. The van der Waals surface area contributed by atoms with E-state index in [4.69, 9.17) is 0 Å². The van der Waals surface area contributed by atoms with Crippen molar-refractivity contribution in [2.45, 2.75) is 6.92 Å². The number of pyridine rings is 1. The number of hydrogen-bond acceptors (Lipinski definition) is 7. The molecule has 0 N–H and O–H groups in total. The first-order valence-electron chi connectivity index (χ1n) is 11.1. The Labute approximate surface area is 228 Å². The van der Waals surface area contributed by atoms with Gasteiger partial charge in [-0.15, -0.1) is 0 Å². The smallest absolute Gasteiger partial charge is 0.349 e. The number of halogens is 1. The Bertz CT molecular complexity index is 1580. The van der Waals surface area contributed by atoms with E-state index in [1.54, 1.807) is 48.0 Å². The van der Waals surface area contributed by atoms with Gasteiger partial charge in [0, 0.05) is 17.0 Å². The van der Waals surface area contributed by atoms with Crippen LogP contribution in [0.1, 0.15) is 21.6 Å². The molecule has 0 aliphatic heterocycles. The second-order valence-electron chi connectivity index (χ2n) is 7.99. The maximum atomic E-state index is 13.7. The predicted molar refractivity (Wildman–Crippen MR) is 144 cm³/mol. The molecule has 9 nitrogen and oxygen atoms in total. The summed E-state index contributed by atoms with van der Waals surface area (Å²) in [6.45, 7) is 1.83. The van der Waals surface area contributed by atoms with Gasteiger partial charge in [0.25, 0.3) is 5.69 Å². The number of carbonyl (C=O) groups is 1. The highest BCUT2D eigenvalue weighted by molar-refractivity contribution is 9.10. The first-order valence-corrected chi connectivity index (χ1v) is 13.2. The van der Waals surface area contributed by atoms with E-state index in [0.717, 1.165) is 11.6 Å². The summed E-state index contributed by atoms with van der Waals surface area (Å²) in [7, 11) is -1.84. The van der Waals surface area contributed by atoms with E-state index in [1.165, 1.54) is 0 Å². The SMILES string of the molecule is COS(=O)(=O)[O-].Cc1c(C(=O)c2ccc(Br)cc2)c(-c2ccccc2)c([N+](=O)[O-])c(-c2ccccc2)[n+]1C. The summed E-state index contributed by atoms with van der Waals surface area (Å²) in [5, 5.41) is 12.5. The van der Waals surface area contributed by atoms with Crippen LogP contribution in [0.5, 0.6) is 0 Å². The minimum atomic E-state index is -4.41. The number of nitro groups is 1. The largest absolute Gasteiger partial charge is 0.726 e. The van der Waals surface area contributed by atoms with Crippen molar-refractivity contribution in [2.75, 3.05) is 7.11 Å². The van der Waals surface area contributed by atoms with Crippen molar-refractivity contribution in [3.8, 4) is 22.4 Å². The molecule has 0 amide bonds. The Kier molecular flexibility index (Phi) is 9.23. The lowest BCUT2D eigenvalue weighted by molar-refractivity contribution is -0.669. The maximum Gasteiger partial charge on any atom is 0.349 e. The molecular formula is C27H23BrN2O7S. The average molecular weight is 599 g/mol. The van der Waals surface area contributed by atoms with E-state index in [2.05, 4.69) is 20.1 Å². The quantitative estimate of drug-likeness (QED) is 0.0749. The third-order valence-electron chi connectivity index (χ3n) is 5.74. The molecule has 0 bridgehead atoms. The summed E-state index contributed by atoms with van der Waals surface area (Å²) in [5.74, 6) is -0.257. The van der Waals surface area contributed by atoms with Crippen LogP contribution in [-0.4, -0.2) is 30.8 Å². The molecule has 3 aromatic carbocycles. The fraction of sp³-hybridized carbons (Fsp3) is 0.111. The number of hydrogen-bond donors (Lipinski definition) is 0. The van der Waals surface area contributed by atoms with Crippen molar-refractivity contribution in [3.05, 3.63) is 116 Å². The van der Waals surface area contributed by atoms with Gasteiger partial charge in [-0.3, -0.25) is 19.1 Å². The zero-order valence-corrected chi connectivity index (χ0v) is 23.0. The van der Waals surface area contributed by atoms with E-state index in [9.17, 15) is 27.9 Å². The number of aromatic nitrogens is 1. The molecule has 0 unspecified atom stereocenters. The lowest BCUT2D eigenvalue weighted by Gasteiger charge is -2.15. The molecule has 196 valence electrons. The monoisotopic (exact) mass is 598 g/mol. The topological polar surface area (TPSA) is 131 Å². The van der Waals surface area contributed by atoms with Crippen LogP contribution in [0.25, 0.3) is 22.4 Å². The Morgan fingerprint density at radius 3 is 1.84 bits per heavy atom. The molecule has 0 fully saturated rings. The minimum Gasteiger partial charge on any atom is -0.726 e. The average Bonchev–Trinajstić information content (AvgIpc) is 2.90. The van der Waals surface area contributed by atoms with Gasteiger partial charge in [0.2, 0.25) is 10.4 Å². The second-order valence-corrected chi connectivity index (χ2v) is 10.1. The van der Waals surface area contributed by atoms with Crippen molar-refractivity contribution in [1.29, 1.82) is 0 Å². The highest BCUT2D eigenvalue weighted by Crippen LogP contribution is 2.40. The van der Waals surface area contributed by atoms with Crippen LogP contribution < -0.4 is 4.57 Å². The molecule has 0 radical (unpaired) electrons. The molecule has 0 saturated carbocycles. The van der Waals surface area contributed by atoms with E-state index >= 15 is 0 Å². The standard InChI is InChI=1S/C26H20BrN2O3.CH4O4S/c1-17-22(26(30)20-13-15-21(27)16-14-20)23(18-9-5-3-6-10-18)25(29(31)32)24(28(17)2)19-11-7-4-8-12-19;1-5-6(2,3)4/h3-16H,1-2H3;1H3,(H,2,3,4)/q+1;/p-1. The fourth-order valence-electron chi connectivity index (χ4n) is 3.93. The van der Waals surface area contributed by atoms with Gasteiger partial charge < -0.3 is 4.55 Å². The van der Waals surface area contributed by atoms with Crippen LogP contribution in [0.15, 0.2) is 89.4 Å². The molecule has 38 heavy (non-hydrogen) atoms. The Hall–Kier alpha value is -3.77. The van der Waals surface area contributed by atoms with Crippen LogP contribution in [-0.2, 0) is 21.6 Å². The number of benzene rings is 3. The molecule has 0 saturated heterocycles. The third-order valence-corrected chi connectivity index (χ3v) is 6.68. The number of nitrogens with zero attached hydrogens (tertiary/aromatic N) is 2. The van der Waals surface area contributed by atoms with Gasteiger partial charge >= 0.3 is 5.69 Å². The highest BCUT2D eigenvalue weighted by atomic mass is 79.9. The summed E-state index contributed by atoms with van der Waals surface area (Å²) >= 11 is 3.39. The van der Waals surface area contributed by atoms with Crippen LogP contribution in [0.3, 0.4) is 0 Å². The van der Waals surface area contributed by atoms with Crippen molar-refractivity contribution in [1.82, 2.24) is 0 Å². The van der Waals surface area contributed by atoms with Gasteiger partial charge in [-0.25, -0.2) is 8.42 Å². The minimum absolute atomic E-state index is 0.0871. The number of ketones is 1. The number of rotatable bonds is 6. The molecule has 0 aliphatic carbocycles. The molecule has 0 aliphatic rings. The molecule has 1 aromatic heterocycles. The van der Waals surface area contributed by atoms with Crippen LogP contribution in [0.2, 0.25) is 0 Å². The van der Waals surface area contributed by atoms with E-state index in [1.807, 2.05) is 55.5 Å². The van der Waals surface area contributed by atoms with E-state index in [0.29, 0.717) is 39.2 Å². The van der Waals surface area contributed by atoms with Crippen LogP contribution in [0, 0.1) is 17.0 Å². The normalized spacial score (nSPS) is 10.9.